The van der Waals surface area contributed by atoms with E-state index in [-0.39, 0.29) is 10.7 Å². The third-order valence-corrected chi connectivity index (χ3v) is 4.80. The molecule has 0 aliphatic carbocycles. The van der Waals surface area contributed by atoms with Crippen LogP contribution in [0.25, 0.3) is 0 Å². The number of nitrogens with two attached hydrogens (primary N) is 1. The van der Waals surface area contributed by atoms with Crippen LogP contribution in [0.5, 0.6) is 0 Å². The molecule has 0 fully saturated rings. The molecule has 0 saturated heterocycles. The molecular formula is C13H20N4O3S. The van der Waals surface area contributed by atoms with Gasteiger partial charge >= 0.3 is 0 Å². The first kappa shape index (κ1) is 15.6. The summed E-state index contributed by atoms with van der Waals surface area (Å²) >= 11 is 0. The first-order chi connectivity index (χ1) is 9.74. The highest BCUT2D eigenvalue weighted by Gasteiger charge is 2.25. The third-order valence-electron chi connectivity index (χ3n) is 3.25. The van der Waals surface area contributed by atoms with Crippen molar-refractivity contribution in [1.82, 2.24) is 14.5 Å². The number of aromatic nitrogens is 2. The van der Waals surface area contributed by atoms with Gasteiger partial charge in [-0.05, 0) is 33.8 Å². The van der Waals surface area contributed by atoms with Crippen LogP contribution in [-0.4, -0.2) is 18.2 Å². The van der Waals surface area contributed by atoms with E-state index in [1.807, 2.05) is 19.9 Å². The summed E-state index contributed by atoms with van der Waals surface area (Å²) in [7, 11) is -3.74. The number of nitrogens with zero attached hydrogens (tertiary/aromatic N) is 2. The van der Waals surface area contributed by atoms with Gasteiger partial charge in [-0.1, -0.05) is 0 Å². The standard InChI is InChI=1S/C13H20N4O3S/c1-5-17-7-12(13(14)15-17)21(18,19)16-9(3)11-6-8(2)20-10(11)4/h6-7,9,16H,5H2,1-4H3,(H2,14,15). The minimum Gasteiger partial charge on any atom is -0.466 e. The van der Waals surface area contributed by atoms with Crippen LogP contribution in [0, 0.1) is 13.8 Å². The van der Waals surface area contributed by atoms with E-state index >= 15 is 0 Å². The second-order valence-electron chi connectivity index (χ2n) is 4.95. The highest BCUT2D eigenvalue weighted by Crippen LogP contribution is 2.24. The number of furan rings is 1. The van der Waals surface area contributed by atoms with Crippen molar-refractivity contribution in [2.45, 2.75) is 45.2 Å². The molecule has 0 radical (unpaired) electrons. The van der Waals surface area contributed by atoms with E-state index in [0.717, 1.165) is 11.3 Å². The number of anilines is 1. The van der Waals surface area contributed by atoms with Crippen molar-refractivity contribution in [2.75, 3.05) is 5.73 Å². The SMILES string of the molecule is CCn1cc(S(=O)(=O)NC(C)c2cc(C)oc2C)c(N)n1. The molecule has 0 aromatic carbocycles. The van der Waals surface area contributed by atoms with Crippen molar-refractivity contribution in [2.24, 2.45) is 0 Å². The summed E-state index contributed by atoms with van der Waals surface area (Å²) in [6.07, 6.45) is 1.43. The smallest absolute Gasteiger partial charge is 0.246 e. The molecule has 7 nitrogen and oxygen atoms in total. The van der Waals surface area contributed by atoms with Gasteiger partial charge in [-0.25, -0.2) is 13.1 Å². The molecule has 3 N–H and O–H groups in total. The highest BCUT2D eigenvalue weighted by molar-refractivity contribution is 7.89. The maximum absolute atomic E-state index is 12.4. The molecule has 0 aliphatic heterocycles. The van der Waals surface area contributed by atoms with Gasteiger partial charge in [0.2, 0.25) is 10.0 Å². The molecule has 2 aromatic rings. The second kappa shape index (κ2) is 5.53. The lowest BCUT2D eigenvalue weighted by Crippen LogP contribution is -2.27. The van der Waals surface area contributed by atoms with Crippen molar-refractivity contribution in [3.05, 3.63) is 29.3 Å². The van der Waals surface area contributed by atoms with Crippen LogP contribution in [0.1, 0.15) is 37.0 Å². The predicted octanol–water partition coefficient (Wildman–Crippen LogP) is 1.73. The second-order valence-corrected chi connectivity index (χ2v) is 6.63. The maximum Gasteiger partial charge on any atom is 0.246 e. The van der Waals surface area contributed by atoms with Crippen molar-refractivity contribution in [3.63, 3.8) is 0 Å². The lowest BCUT2D eigenvalue weighted by Gasteiger charge is -2.12. The van der Waals surface area contributed by atoms with E-state index < -0.39 is 16.1 Å². The van der Waals surface area contributed by atoms with Gasteiger partial charge in [0.25, 0.3) is 0 Å². The third kappa shape index (κ3) is 3.11. The number of sulfonamides is 1. The van der Waals surface area contributed by atoms with E-state index in [1.54, 1.807) is 13.8 Å². The molecule has 2 rings (SSSR count). The van der Waals surface area contributed by atoms with Crippen LogP contribution in [0.4, 0.5) is 5.82 Å². The van der Waals surface area contributed by atoms with Gasteiger partial charge < -0.3 is 10.2 Å². The fourth-order valence-corrected chi connectivity index (χ4v) is 3.52. The maximum atomic E-state index is 12.4. The Bertz CT molecular complexity index is 746. The Kier molecular flexibility index (Phi) is 4.11. The molecule has 1 unspecified atom stereocenters. The number of aryl methyl sites for hydroxylation is 3. The lowest BCUT2D eigenvalue weighted by molar-refractivity contribution is 0.496. The number of rotatable bonds is 5. The first-order valence-electron chi connectivity index (χ1n) is 6.66. The Morgan fingerprint density at radius 2 is 2.14 bits per heavy atom. The summed E-state index contributed by atoms with van der Waals surface area (Å²) in [5.41, 5.74) is 6.49. The lowest BCUT2D eigenvalue weighted by atomic mass is 10.1. The average Bonchev–Trinajstić information content (AvgIpc) is 2.91. The summed E-state index contributed by atoms with van der Waals surface area (Å²) in [6, 6.07) is 1.40. The number of hydrogen-bond acceptors (Lipinski definition) is 5. The summed E-state index contributed by atoms with van der Waals surface area (Å²) in [4.78, 5) is -0.00549. The zero-order valence-corrected chi connectivity index (χ0v) is 13.4. The molecule has 8 heteroatoms. The van der Waals surface area contributed by atoms with Gasteiger partial charge in [-0.2, -0.15) is 5.10 Å². The number of nitrogen functional groups attached to an aromatic ring is 1. The van der Waals surface area contributed by atoms with Crippen LogP contribution < -0.4 is 10.5 Å². The van der Waals surface area contributed by atoms with E-state index in [2.05, 4.69) is 9.82 Å². The molecule has 2 heterocycles. The average molecular weight is 312 g/mol. The zero-order valence-electron chi connectivity index (χ0n) is 12.5. The van der Waals surface area contributed by atoms with Crippen molar-refractivity contribution >= 4 is 15.8 Å². The van der Waals surface area contributed by atoms with Crippen molar-refractivity contribution in [3.8, 4) is 0 Å². The number of nitrogens with one attached hydrogen (secondary N) is 1. The minimum absolute atomic E-state index is 0.00311. The Labute approximate surface area is 124 Å². The van der Waals surface area contributed by atoms with Gasteiger partial charge in [0.15, 0.2) is 5.82 Å². The molecule has 0 saturated carbocycles. The summed E-state index contributed by atoms with van der Waals surface area (Å²) in [6.45, 7) is 7.79. The predicted molar refractivity (Wildman–Crippen MR) is 79.2 cm³/mol. The molecule has 0 bridgehead atoms. The summed E-state index contributed by atoms with van der Waals surface area (Å²) in [5.74, 6) is 1.43. The van der Waals surface area contributed by atoms with Crippen molar-refractivity contribution in [1.29, 1.82) is 0 Å². The van der Waals surface area contributed by atoms with Crippen LogP contribution in [0.15, 0.2) is 21.6 Å². The van der Waals surface area contributed by atoms with Crippen LogP contribution in [-0.2, 0) is 16.6 Å². The van der Waals surface area contributed by atoms with E-state index in [0.29, 0.717) is 12.3 Å². The van der Waals surface area contributed by atoms with Gasteiger partial charge in [0, 0.05) is 24.3 Å². The molecule has 1 atom stereocenters. The number of hydrogen-bond donors (Lipinski definition) is 2. The first-order valence-corrected chi connectivity index (χ1v) is 8.15. The van der Waals surface area contributed by atoms with Gasteiger partial charge in [-0.15, -0.1) is 0 Å². The van der Waals surface area contributed by atoms with Crippen molar-refractivity contribution < 1.29 is 12.8 Å². The molecular weight excluding hydrogens is 292 g/mol. The van der Waals surface area contributed by atoms with Gasteiger partial charge in [0.05, 0.1) is 0 Å². The van der Waals surface area contributed by atoms with Crippen LogP contribution in [0.3, 0.4) is 0 Å². The normalized spacial score (nSPS) is 13.5. The van der Waals surface area contributed by atoms with Crippen LogP contribution in [0.2, 0.25) is 0 Å². The largest absolute Gasteiger partial charge is 0.466 e. The molecule has 116 valence electrons. The summed E-state index contributed by atoms with van der Waals surface area (Å²) in [5, 5.41) is 3.95. The van der Waals surface area contributed by atoms with Crippen LogP contribution >= 0.6 is 0 Å². The highest BCUT2D eigenvalue weighted by atomic mass is 32.2. The van der Waals surface area contributed by atoms with E-state index in [9.17, 15) is 8.42 Å². The Morgan fingerprint density at radius 3 is 2.62 bits per heavy atom. The molecule has 0 spiro atoms. The topological polar surface area (TPSA) is 103 Å². The summed E-state index contributed by atoms with van der Waals surface area (Å²) < 4.78 is 34.3. The molecule has 2 aromatic heterocycles. The minimum atomic E-state index is -3.74. The van der Waals surface area contributed by atoms with E-state index in [1.165, 1.54) is 10.9 Å². The zero-order chi connectivity index (χ0) is 15.8. The Balaban J connectivity index is 2.28. The molecule has 0 aliphatic rings. The fourth-order valence-electron chi connectivity index (χ4n) is 2.23. The Hall–Kier alpha value is -1.80. The van der Waals surface area contributed by atoms with E-state index in [4.69, 9.17) is 10.2 Å². The fraction of sp³-hybridized carbons (Fsp3) is 0.462. The van der Waals surface area contributed by atoms with Gasteiger partial charge in [-0.3, -0.25) is 4.68 Å². The molecule has 0 amide bonds. The Morgan fingerprint density at radius 1 is 1.48 bits per heavy atom. The monoisotopic (exact) mass is 312 g/mol. The molecule has 21 heavy (non-hydrogen) atoms. The van der Waals surface area contributed by atoms with Gasteiger partial charge in [0.1, 0.15) is 16.4 Å². The quantitative estimate of drug-likeness (QED) is 0.875.